The van der Waals surface area contributed by atoms with Crippen LogP contribution in [0.15, 0.2) is 66.9 Å². The number of esters is 1. The van der Waals surface area contributed by atoms with E-state index in [2.05, 4.69) is 15.4 Å². The molecule has 0 aliphatic heterocycles. The van der Waals surface area contributed by atoms with Crippen LogP contribution < -0.4 is 5.32 Å². The van der Waals surface area contributed by atoms with Crippen LogP contribution >= 0.6 is 0 Å². The molecule has 2 aromatic carbocycles. The van der Waals surface area contributed by atoms with Gasteiger partial charge in [0.1, 0.15) is 0 Å². The smallest absolute Gasteiger partial charge is 0.339 e. The number of anilines is 1. The number of hydrogen-bond donors (Lipinski definition) is 1. The zero-order chi connectivity index (χ0) is 23.4. The third-order valence-corrected chi connectivity index (χ3v) is 5.06. The van der Waals surface area contributed by atoms with Crippen molar-refractivity contribution in [2.75, 3.05) is 11.9 Å². The second kappa shape index (κ2) is 9.44. The van der Waals surface area contributed by atoms with Crippen LogP contribution in [0, 0.1) is 0 Å². The molecule has 0 saturated carbocycles. The normalized spacial score (nSPS) is 10.7. The van der Waals surface area contributed by atoms with E-state index >= 15 is 0 Å². The fourth-order valence-electron chi connectivity index (χ4n) is 3.44. The maximum absolute atomic E-state index is 13.0. The quantitative estimate of drug-likeness (QED) is 0.341. The van der Waals surface area contributed by atoms with Gasteiger partial charge in [-0.05, 0) is 37.3 Å². The van der Waals surface area contributed by atoms with Crippen molar-refractivity contribution in [3.05, 3.63) is 78.0 Å². The molecule has 0 atom stereocenters. The summed E-state index contributed by atoms with van der Waals surface area (Å²) in [5.74, 6) is -1.18. The highest BCUT2D eigenvalue weighted by Crippen LogP contribution is 2.25. The number of nitrogens with one attached hydrogen (secondary N) is 1. The number of nitrogens with zero attached hydrogens (tertiary/aromatic N) is 3. The Hall–Kier alpha value is -4.33. The third-order valence-electron chi connectivity index (χ3n) is 5.06. The van der Waals surface area contributed by atoms with Crippen molar-refractivity contribution in [1.82, 2.24) is 14.8 Å². The number of benzene rings is 2. The summed E-state index contributed by atoms with van der Waals surface area (Å²) in [5, 5.41) is 7.51. The number of carbonyl (C=O) groups excluding carboxylic acids is 3. The first-order valence-electron chi connectivity index (χ1n) is 10.5. The molecule has 1 amide bonds. The van der Waals surface area contributed by atoms with Crippen molar-refractivity contribution in [1.29, 1.82) is 0 Å². The molecule has 0 aliphatic rings. The Balaban J connectivity index is 1.57. The summed E-state index contributed by atoms with van der Waals surface area (Å²) in [6, 6.07) is 17.6. The van der Waals surface area contributed by atoms with Crippen molar-refractivity contribution in [3.8, 4) is 11.3 Å². The van der Waals surface area contributed by atoms with Crippen molar-refractivity contribution in [3.63, 3.8) is 0 Å². The minimum Gasteiger partial charge on any atom is -0.454 e. The Kier molecular flexibility index (Phi) is 6.26. The lowest BCUT2D eigenvalue weighted by Gasteiger charge is -2.09. The fraction of sp³-hybridized carbons (Fsp3) is 0.160. The number of rotatable bonds is 7. The molecule has 33 heavy (non-hydrogen) atoms. The molecular weight excluding hydrogens is 420 g/mol. The molecule has 0 fully saturated rings. The lowest BCUT2D eigenvalue weighted by Crippen LogP contribution is -2.15. The second-order valence-corrected chi connectivity index (χ2v) is 7.38. The van der Waals surface area contributed by atoms with E-state index < -0.39 is 12.6 Å². The van der Waals surface area contributed by atoms with E-state index in [1.807, 2.05) is 37.3 Å². The minimum absolute atomic E-state index is 0.201. The van der Waals surface area contributed by atoms with Crippen molar-refractivity contribution in [2.45, 2.75) is 20.4 Å². The molecule has 4 aromatic rings. The van der Waals surface area contributed by atoms with Gasteiger partial charge in [-0.15, -0.1) is 0 Å². The van der Waals surface area contributed by atoms with Gasteiger partial charge in [0.15, 0.2) is 18.0 Å². The number of aryl methyl sites for hydroxylation is 1. The summed E-state index contributed by atoms with van der Waals surface area (Å²) in [6.07, 6.45) is 1.58. The summed E-state index contributed by atoms with van der Waals surface area (Å²) in [6.45, 7) is 3.53. The van der Waals surface area contributed by atoms with Gasteiger partial charge in [0, 0.05) is 30.3 Å². The van der Waals surface area contributed by atoms with Gasteiger partial charge in [0.25, 0.3) is 0 Å². The van der Waals surface area contributed by atoms with E-state index in [0.717, 1.165) is 5.56 Å². The summed E-state index contributed by atoms with van der Waals surface area (Å²) in [5.41, 5.74) is 3.30. The Labute approximate surface area is 190 Å². The van der Waals surface area contributed by atoms with Gasteiger partial charge in [-0.1, -0.05) is 30.3 Å². The van der Waals surface area contributed by atoms with Crippen LogP contribution in [0.5, 0.6) is 0 Å². The highest BCUT2D eigenvalue weighted by atomic mass is 16.5. The van der Waals surface area contributed by atoms with Crippen LogP contribution in [0.25, 0.3) is 22.3 Å². The van der Waals surface area contributed by atoms with Crippen LogP contribution in [0.3, 0.4) is 0 Å². The average molecular weight is 442 g/mol. The molecule has 1 N–H and O–H groups in total. The molecule has 0 bridgehead atoms. The van der Waals surface area contributed by atoms with E-state index in [9.17, 15) is 14.4 Å². The Bertz CT molecular complexity index is 1330. The number of amides is 1. The number of ether oxygens (including phenoxy) is 1. The highest BCUT2D eigenvalue weighted by molar-refractivity contribution is 6.05. The number of Topliss-reactive ketones (excluding diaryl/α,β-unsaturated/α-hetero) is 1. The number of fused-ring (bicyclic) bond motifs is 1. The molecular formula is C25H22N4O4. The van der Waals surface area contributed by atoms with Crippen LogP contribution in [-0.4, -0.2) is 39.0 Å². The summed E-state index contributed by atoms with van der Waals surface area (Å²) in [7, 11) is 0. The topological polar surface area (TPSA) is 103 Å². The molecule has 0 spiro atoms. The first-order valence-corrected chi connectivity index (χ1v) is 10.5. The summed E-state index contributed by atoms with van der Waals surface area (Å²) in [4.78, 5) is 41.3. The maximum atomic E-state index is 13.0. The van der Waals surface area contributed by atoms with Gasteiger partial charge in [0.2, 0.25) is 5.91 Å². The van der Waals surface area contributed by atoms with E-state index in [-0.39, 0.29) is 11.7 Å². The molecule has 4 rings (SSSR count). The zero-order valence-corrected chi connectivity index (χ0v) is 18.2. The lowest BCUT2D eigenvalue weighted by molar-refractivity contribution is -0.114. The van der Waals surface area contributed by atoms with Gasteiger partial charge in [0.05, 0.1) is 22.8 Å². The predicted molar refractivity (Wildman–Crippen MR) is 124 cm³/mol. The van der Waals surface area contributed by atoms with Crippen molar-refractivity contribution in [2.24, 2.45) is 0 Å². The first kappa shape index (κ1) is 21.9. The van der Waals surface area contributed by atoms with Crippen molar-refractivity contribution >= 4 is 34.4 Å². The first-order chi connectivity index (χ1) is 16.0. The standard InChI is InChI=1S/C25H22N4O4/c1-3-29-24-21(14-26-29)20(13-22(28-24)17-7-5-4-6-8-17)25(32)33-15-23(31)18-9-11-19(12-10-18)27-16(2)30/h4-14H,3,15H2,1-2H3,(H,27,30). The van der Waals surface area contributed by atoms with E-state index in [4.69, 9.17) is 4.74 Å². The Morgan fingerprint density at radius 1 is 1.03 bits per heavy atom. The second-order valence-electron chi connectivity index (χ2n) is 7.38. The van der Waals surface area contributed by atoms with Gasteiger partial charge in [-0.2, -0.15) is 5.10 Å². The SMILES string of the molecule is CCn1ncc2c(C(=O)OCC(=O)c3ccc(NC(C)=O)cc3)cc(-c3ccccc3)nc21. The molecule has 0 aliphatic carbocycles. The Morgan fingerprint density at radius 2 is 1.76 bits per heavy atom. The molecule has 8 heteroatoms. The Morgan fingerprint density at radius 3 is 2.42 bits per heavy atom. The number of aromatic nitrogens is 3. The van der Waals surface area contributed by atoms with Crippen LogP contribution in [0.2, 0.25) is 0 Å². The summed E-state index contributed by atoms with van der Waals surface area (Å²) >= 11 is 0. The maximum Gasteiger partial charge on any atom is 0.339 e. The number of ketones is 1. The summed E-state index contributed by atoms with van der Waals surface area (Å²) < 4.78 is 7.07. The number of hydrogen-bond acceptors (Lipinski definition) is 6. The van der Waals surface area contributed by atoms with Gasteiger partial charge < -0.3 is 10.1 Å². The number of pyridine rings is 1. The molecule has 8 nitrogen and oxygen atoms in total. The van der Waals surface area contributed by atoms with E-state index in [1.165, 1.54) is 6.92 Å². The van der Waals surface area contributed by atoms with Gasteiger partial charge in [-0.3, -0.25) is 9.59 Å². The third kappa shape index (κ3) is 4.79. The molecule has 2 heterocycles. The monoisotopic (exact) mass is 442 g/mol. The average Bonchev–Trinajstić information content (AvgIpc) is 3.25. The minimum atomic E-state index is -0.626. The largest absolute Gasteiger partial charge is 0.454 e. The van der Waals surface area contributed by atoms with Crippen molar-refractivity contribution < 1.29 is 19.1 Å². The molecule has 2 aromatic heterocycles. The molecule has 166 valence electrons. The van der Waals surface area contributed by atoms with Crippen LogP contribution in [-0.2, 0) is 16.1 Å². The highest BCUT2D eigenvalue weighted by Gasteiger charge is 2.19. The molecule has 0 saturated heterocycles. The fourth-order valence-corrected chi connectivity index (χ4v) is 3.44. The zero-order valence-electron chi connectivity index (χ0n) is 18.2. The van der Waals surface area contributed by atoms with E-state index in [0.29, 0.717) is 40.1 Å². The predicted octanol–water partition coefficient (Wildman–Crippen LogP) is 4.12. The molecule has 0 unspecified atom stereocenters. The number of carbonyl (C=O) groups is 3. The van der Waals surface area contributed by atoms with Gasteiger partial charge in [-0.25, -0.2) is 14.5 Å². The lowest BCUT2D eigenvalue weighted by atomic mass is 10.1. The molecule has 0 radical (unpaired) electrons. The van der Waals surface area contributed by atoms with Crippen LogP contribution in [0.1, 0.15) is 34.6 Å². The van der Waals surface area contributed by atoms with E-state index in [1.54, 1.807) is 41.2 Å². The van der Waals surface area contributed by atoms with Crippen LogP contribution in [0.4, 0.5) is 5.69 Å². The van der Waals surface area contributed by atoms with Gasteiger partial charge >= 0.3 is 5.97 Å².